The lowest BCUT2D eigenvalue weighted by molar-refractivity contribution is 0.0119. The maximum Gasteiger partial charge on any atom is 0.0697 e. The van der Waals surface area contributed by atoms with Gasteiger partial charge >= 0.3 is 0 Å². The third-order valence-corrected chi connectivity index (χ3v) is 1.93. The second-order valence-electron chi connectivity index (χ2n) is 2.85. The van der Waals surface area contributed by atoms with Crippen LogP contribution in [0.25, 0.3) is 0 Å². The molecule has 0 aliphatic carbocycles. The summed E-state index contributed by atoms with van der Waals surface area (Å²) in [5.41, 5.74) is 0. The van der Waals surface area contributed by atoms with Crippen molar-refractivity contribution >= 4 is 0 Å². The van der Waals surface area contributed by atoms with Crippen LogP contribution < -0.4 is 0 Å². The fourth-order valence-electron chi connectivity index (χ4n) is 1.23. The maximum absolute atomic E-state index is 8.45. The van der Waals surface area contributed by atoms with Gasteiger partial charge in [0.15, 0.2) is 0 Å². The van der Waals surface area contributed by atoms with Gasteiger partial charge in [-0.1, -0.05) is 0 Å². The van der Waals surface area contributed by atoms with Crippen LogP contribution in [0.4, 0.5) is 0 Å². The summed E-state index contributed by atoms with van der Waals surface area (Å²) in [4.78, 5) is 0. The minimum atomic E-state index is 0.128. The molecule has 1 fully saturated rings. The average Bonchev–Trinajstić information content (AvgIpc) is 2.07. The highest BCUT2D eigenvalue weighted by Gasteiger charge is 2.12. The molecule has 0 aromatic carbocycles. The summed E-state index contributed by atoms with van der Waals surface area (Å²) in [6, 6.07) is 0. The Morgan fingerprint density at radius 3 is 2.73 bits per heavy atom. The number of aliphatic hydroxyl groups is 1. The monoisotopic (exact) mass is 160 g/mol. The quantitative estimate of drug-likeness (QED) is 0.606. The first-order chi connectivity index (χ1) is 5.43. The number of hydrogen-bond acceptors (Lipinski definition) is 3. The van der Waals surface area contributed by atoms with E-state index in [0.29, 0.717) is 12.5 Å². The van der Waals surface area contributed by atoms with E-state index in [1.807, 2.05) is 0 Å². The van der Waals surface area contributed by atoms with Gasteiger partial charge in [0.25, 0.3) is 0 Å². The summed E-state index contributed by atoms with van der Waals surface area (Å²) < 4.78 is 10.4. The second-order valence-corrected chi connectivity index (χ2v) is 2.85. The Bertz CT molecular complexity index is 89.3. The van der Waals surface area contributed by atoms with E-state index in [9.17, 15) is 0 Å². The van der Waals surface area contributed by atoms with Crippen LogP contribution in [0.15, 0.2) is 0 Å². The van der Waals surface area contributed by atoms with E-state index in [0.717, 1.165) is 32.7 Å². The van der Waals surface area contributed by atoms with Gasteiger partial charge in [-0.3, -0.25) is 0 Å². The molecule has 0 bridgehead atoms. The van der Waals surface area contributed by atoms with Gasteiger partial charge in [0.2, 0.25) is 0 Å². The SMILES string of the molecule is OCCOCC1CCOCC1. The van der Waals surface area contributed by atoms with E-state index in [1.54, 1.807) is 0 Å². The first-order valence-corrected chi connectivity index (χ1v) is 4.20. The van der Waals surface area contributed by atoms with Crippen molar-refractivity contribution in [3.8, 4) is 0 Å². The molecule has 66 valence electrons. The summed E-state index contributed by atoms with van der Waals surface area (Å²) in [6.07, 6.45) is 2.21. The van der Waals surface area contributed by atoms with Gasteiger partial charge in [-0.15, -0.1) is 0 Å². The second kappa shape index (κ2) is 5.52. The Hall–Kier alpha value is -0.120. The zero-order valence-electron chi connectivity index (χ0n) is 6.79. The van der Waals surface area contributed by atoms with Crippen molar-refractivity contribution in [2.24, 2.45) is 5.92 Å². The molecule has 1 heterocycles. The number of aliphatic hydroxyl groups excluding tert-OH is 1. The van der Waals surface area contributed by atoms with Gasteiger partial charge in [-0.2, -0.15) is 0 Å². The normalized spacial score (nSPS) is 20.5. The van der Waals surface area contributed by atoms with Crippen LogP contribution in [0.2, 0.25) is 0 Å². The van der Waals surface area contributed by atoms with Crippen LogP contribution in [0.1, 0.15) is 12.8 Å². The predicted octanol–water partition coefficient (Wildman–Crippen LogP) is 0.422. The molecule has 0 saturated carbocycles. The summed E-state index contributed by atoms with van der Waals surface area (Å²) >= 11 is 0. The van der Waals surface area contributed by atoms with Crippen LogP contribution >= 0.6 is 0 Å². The summed E-state index contributed by atoms with van der Waals surface area (Å²) in [5, 5.41) is 8.45. The van der Waals surface area contributed by atoms with E-state index < -0.39 is 0 Å². The van der Waals surface area contributed by atoms with Crippen LogP contribution in [0, 0.1) is 5.92 Å². The highest BCUT2D eigenvalue weighted by atomic mass is 16.5. The highest BCUT2D eigenvalue weighted by Crippen LogP contribution is 2.14. The average molecular weight is 160 g/mol. The summed E-state index contributed by atoms with van der Waals surface area (Å²) in [5.74, 6) is 0.648. The third kappa shape index (κ3) is 3.70. The van der Waals surface area contributed by atoms with Crippen molar-refractivity contribution in [3.63, 3.8) is 0 Å². The van der Waals surface area contributed by atoms with E-state index in [1.165, 1.54) is 0 Å². The number of rotatable bonds is 4. The van der Waals surface area contributed by atoms with Crippen molar-refractivity contribution in [3.05, 3.63) is 0 Å². The molecular formula is C8H16O3. The molecule has 1 rings (SSSR count). The van der Waals surface area contributed by atoms with Crippen molar-refractivity contribution in [2.45, 2.75) is 12.8 Å². The first kappa shape index (κ1) is 8.97. The largest absolute Gasteiger partial charge is 0.394 e. The zero-order chi connectivity index (χ0) is 7.94. The lowest BCUT2D eigenvalue weighted by Crippen LogP contribution is -2.20. The lowest BCUT2D eigenvalue weighted by Gasteiger charge is -2.21. The van der Waals surface area contributed by atoms with Gasteiger partial charge < -0.3 is 14.6 Å². The summed E-state index contributed by atoms with van der Waals surface area (Å²) in [6.45, 7) is 3.12. The predicted molar refractivity (Wildman–Crippen MR) is 41.4 cm³/mol. The molecule has 0 atom stereocenters. The Morgan fingerprint density at radius 2 is 2.09 bits per heavy atom. The van der Waals surface area contributed by atoms with Crippen LogP contribution in [0.5, 0.6) is 0 Å². The van der Waals surface area contributed by atoms with Crippen molar-refractivity contribution in [2.75, 3.05) is 33.0 Å². The van der Waals surface area contributed by atoms with Gasteiger partial charge in [-0.25, -0.2) is 0 Å². The van der Waals surface area contributed by atoms with Crippen LogP contribution in [-0.2, 0) is 9.47 Å². The van der Waals surface area contributed by atoms with Gasteiger partial charge in [0.1, 0.15) is 0 Å². The molecule has 0 unspecified atom stereocenters. The standard InChI is InChI=1S/C8H16O3/c9-3-6-11-7-8-1-4-10-5-2-8/h8-9H,1-7H2. The van der Waals surface area contributed by atoms with Crippen LogP contribution in [-0.4, -0.2) is 38.1 Å². The highest BCUT2D eigenvalue weighted by molar-refractivity contribution is 4.61. The Balaban J connectivity index is 1.96. The number of ether oxygens (including phenoxy) is 2. The van der Waals surface area contributed by atoms with Crippen molar-refractivity contribution in [1.82, 2.24) is 0 Å². The molecule has 1 aliphatic rings. The fourth-order valence-corrected chi connectivity index (χ4v) is 1.23. The number of hydrogen-bond donors (Lipinski definition) is 1. The van der Waals surface area contributed by atoms with E-state index in [2.05, 4.69) is 0 Å². The lowest BCUT2D eigenvalue weighted by atomic mass is 10.0. The van der Waals surface area contributed by atoms with Gasteiger partial charge in [0, 0.05) is 19.8 Å². The molecule has 3 nitrogen and oxygen atoms in total. The Labute approximate surface area is 67.3 Å². The smallest absolute Gasteiger partial charge is 0.0697 e. The van der Waals surface area contributed by atoms with Gasteiger partial charge in [0.05, 0.1) is 13.2 Å². The molecule has 0 spiro atoms. The third-order valence-electron chi connectivity index (χ3n) is 1.93. The Morgan fingerprint density at radius 1 is 1.36 bits per heavy atom. The molecule has 1 N–H and O–H groups in total. The fraction of sp³-hybridized carbons (Fsp3) is 1.00. The zero-order valence-corrected chi connectivity index (χ0v) is 6.79. The van der Waals surface area contributed by atoms with E-state index >= 15 is 0 Å². The molecule has 1 saturated heterocycles. The molecule has 3 heteroatoms. The first-order valence-electron chi connectivity index (χ1n) is 4.20. The molecule has 11 heavy (non-hydrogen) atoms. The van der Waals surface area contributed by atoms with Crippen molar-refractivity contribution < 1.29 is 14.6 Å². The van der Waals surface area contributed by atoms with E-state index in [-0.39, 0.29) is 6.61 Å². The van der Waals surface area contributed by atoms with Crippen molar-refractivity contribution in [1.29, 1.82) is 0 Å². The minimum Gasteiger partial charge on any atom is -0.394 e. The maximum atomic E-state index is 8.45. The minimum absolute atomic E-state index is 0.128. The molecule has 0 aromatic heterocycles. The molecule has 0 aromatic rings. The van der Waals surface area contributed by atoms with Gasteiger partial charge in [-0.05, 0) is 18.8 Å². The molecule has 1 aliphatic heterocycles. The van der Waals surface area contributed by atoms with E-state index in [4.69, 9.17) is 14.6 Å². The molecular weight excluding hydrogens is 144 g/mol. The topological polar surface area (TPSA) is 38.7 Å². The molecule has 0 amide bonds. The Kier molecular flexibility index (Phi) is 4.50. The molecule has 0 radical (unpaired) electrons. The summed E-state index contributed by atoms with van der Waals surface area (Å²) in [7, 11) is 0. The van der Waals surface area contributed by atoms with Crippen LogP contribution in [0.3, 0.4) is 0 Å².